The van der Waals surface area contributed by atoms with E-state index < -0.39 is 5.97 Å². The standard InChI is InChI=1S/C15H18N2O5/c1-3-21-15(20)11-8(2)16-22-14(11)17(12(18)9-4-5-9)13(19)10-6-7-10/h9-10H,3-7H2,1-2H3. The molecule has 3 rings (SSSR count). The van der Waals surface area contributed by atoms with Crippen LogP contribution in [0.5, 0.6) is 0 Å². The first-order valence-corrected chi connectivity index (χ1v) is 7.55. The van der Waals surface area contributed by atoms with Gasteiger partial charge in [0, 0.05) is 11.8 Å². The van der Waals surface area contributed by atoms with Crippen LogP contribution < -0.4 is 4.90 Å². The topological polar surface area (TPSA) is 89.7 Å². The smallest absolute Gasteiger partial charge is 0.345 e. The van der Waals surface area contributed by atoms with Crippen LogP contribution in [-0.2, 0) is 14.3 Å². The molecule has 7 nitrogen and oxygen atoms in total. The molecule has 1 aromatic heterocycles. The van der Waals surface area contributed by atoms with Crippen LogP contribution >= 0.6 is 0 Å². The van der Waals surface area contributed by atoms with Gasteiger partial charge in [-0.05, 0) is 39.5 Å². The normalized spacial score (nSPS) is 17.2. The average Bonchev–Trinajstić information content (AvgIpc) is 3.38. The highest BCUT2D eigenvalue weighted by Crippen LogP contribution is 2.39. The number of carbonyl (C=O) groups is 3. The third-order valence-electron chi connectivity index (χ3n) is 3.82. The highest BCUT2D eigenvalue weighted by molar-refractivity contribution is 6.18. The second kappa shape index (κ2) is 5.55. The molecule has 118 valence electrons. The minimum Gasteiger partial charge on any atom is -0.462 e. The van der Waals surface area contributed by atoms with Crippen molar-refractivity contribution in [3.05, 3.63) is 11.3 Å². The Balaban J connectivity index is 1.98. The molecule has 0 bridgehead atoms. The Hall–Kier alpha value is -2.18. The van der Waals surface area contributed by atoms with Gasteiger partial charge in [0.05, 0.1) is 12.3 Å². The number of aromatic nitrogens is 1. The molecule has 0 N–H and O–H groups in total. The van der Waals surface area contributed by atoms with Crippen molar-refractivity contribution in [2.75, 3.05) is 11.5 Å². The molecule has 2 saturated carbocycles. The Morgan fingerprint density at radius 2 is 1.73 bits per heavy atom. The zero-order valence-corrected chi connectivity index (χ0v) is 12.6. The molecule has 0 unspecified atom stereocenters. The number of nitrogens with zero attached hydrogens (tertiary/aromatic N) is 2. The number of esters is 1. The van der Waals surface area contributed by atoms with Crippen molar-refractivity contribution in [3.8, 4) is 0 Å². The monoisotopic (exact) mass is 306 g/mol. The van der Waals surface area contributed by atoms with Crippen molar-refractivity contribution < 1.29 is 23.6 Å². The highest BCUT2D eigenvalue weighted by atomic mass is 16.5. The van der Waals surface area contributed by atoms with Gasteiger partial charge in [-0.1, -0.05) is 5.16 Å². The summed E-state index contributed by atoms with van der Waals surface area (Å²) in [7, 11) is 0. The summed E-state index contributed by atoms with van der Waals surface area (Å²) in [6.07, 6.45) is 3.04. The molecule has 0 atom stereocenters. The van der Waals surface area contributed by atoms with Crippen LogP contribution in [0.15, 0.2) is 4.52 Å². The fourth-order valence-electron chi connectivity index (χ4n) is 2.28. The fraction of sp³-hybridized carbons (Fsp3) is 0.600. The minimum atomic E-state index is -0.631. The Morgan fingerprint density at radius 3 is 2.18 bits per heavy atom. The van der Waals surface area contributed by atoms with Crippen LogP contribution in [0, 0.1) is 18.8 Å². The molecule has 0 saturated heterocycles. The van der Waals surface area contributed by atoms with E-state index in [1.807, 2.05) is 0 Å². The molecule has 22 heavy (non-hydrogen) atoms. The second-order valence-electron chi connectivity index (χ2n) is 5.73. The molecule has 7 heteroatoms. The van der Waals surface area contributed by atoms with Crippen LogP contribution in [0.3, 0.4) is 0 Å². The number of rotatable bonds is 5. The van der Waals surface area contributed by atoms with Gasteiger partial charge in [0.2, 0.25) is 11.8 Å². The van der Waals surface area contributed by atoms with Crippen molar-refractivity contribution in [1.82, 2.24) is 5.16 Å². The maximum absolute atomic E-state index is 12.5. The van der Waals surface area contributed by atoms with Crippen molar-refractivity contribution in [2.24, 2.45) is 11.8 Å². The quantitative estimate of drug-likeness (QED) is 0.609. The van der Waals surface area contributed by atoms with Crippen LogP contribution in [0.1, 0.15) is 48.7 Å². The number of amides is 2. The summed E-state index contributed by atoms with van der Waals surface area (Å²) in [4.78, 5) is 38.1. The van der Waals surface area contributed by atoms with E-state index in [1.165, 1.54) is 0 Å². The first-order chi connectivity index (χ1) is 10.5. The van der Waals surface area contributed by atoms with E-state index >= 15 is 0 Å². The average molecular weight is 306 g/mol. The van der Waals surface area contributed by atoms with Crippen LogP contribution in [0.25, 0.3) is 0 Å². The number of imide groups is 1. The SMILES string of the molecule is CCOC(=O)c1c(C)noc1N(C(=O)C1CC1)C(=O)C1CC1. The molecule has 0 aromatic carbocycles. The molecule has 2 aliphatic carbocycles. The molecule has 2 aliphatic rings. The molecular weight excluding hydrogens is 288 g/mol. The Morgan fingerprint density at radius 1 is 1.18 bits per heavy atom. The second-order valence-corrected chi connectivity index (χ2v) is 5.73. The molecule has 1 aromatic rings. The lowest BCUT2D eigenvalue weighted by atomic mass is 10.2. The van der Waals surface area contributed by atoms with Gasteiger partial charge in [0.25, 0.3) is 5.88 Å². The summed E-state index contributed by atoms with van der Waals surface area (Å²) >= 11 is 0. The molecule has 2 amide bonds. The van der Waals surface area contributed by atoms with E-state index in [2.05, 4.69) is 5.16 Å². The zero-order valence-electron chi connectivity index (χ0n) is 12.6. The largest absolute Gasteiger partial charge is 0.462 e. The summed E-state index contributed by atoms with van der Waals surface area (Å²) in [6, 6.07) is 0. The van der Waals surface area contributed by atoms with Crippen LogP contribution in [0.2, 0.25) is 0 Å². The van der Waals surface area contributed by atoms with E-state index in [-0.39, 0.29) is 41.7 Å². The molecule has 1 heterocycles. The summed E-state index contributed by atoms with van der Waals surface area (Å²) in [5, 5.41) is 3.74. The maximum atomic E-state index is 12.5. The number of aryl methyl sites for hydroxylation is 1. The summed E-state index contributed by atoms with van der Waals surface area (Å²) in [6.45, 7) is 3.46. The first kappa shape index (κ1) is 14.7. The predicted octanol–water partition coefficient (Wildman–Crippen LogP) is 1.84. The van der Waals surface area contributed by atoms with Gasteiger partial charge in [-0.25, -0.2) is 9.69 Å². The third-order valence-corrected chi connectivity index (χ3v) is 3.82. The zero-order chi connectivity index (χ0) is 15.9. The Bertz CT molecular complexity index is 604. The van der Waals surface area contributed by atoms with Gasteiger partial charge in [0.15, 0.2) is 0 Å². The maximum Gasteiger partial charge on any atom is 0.345 e. The summed E-state index contributed by atoms with van der Waals surface area (Å²) in [5.41, 5.74) is 0.371. The van der Waals surface area contributed by atoms with Gasteiger partial charge >= 0.3 is 5.97 Å². The van der Waals surface area contributed by atoms with E-state index in [9.17, 15) is 14.4 Å². The van der Waals surface area contributed by atoms with Crippen molar-refractivity contribution >= 4 is 23.7 Å². The number of anilines is 1. The summed E-state index contributed by atoms with van der Waals surface area (Å²) < 4.78 is 10.1. The Labute approximate surface area is 127 Å². The van der Waals surface area contributed by atoms with Crippen molar-refractivity contribution in [3.63, 3.8) is 0 Å². The number of ether oxygens (including phenoxy) is 1. The number of carbonyl (C=O) groups excluding carboxylic acids is 3. The lowest BCUT2D eigenvalue weighted by Gasteiger charge is -2.18. The predicted molar refractivity (Wildman–Crippen MR) is 75.1 cm³/mol. The van der Waals surface area contributed by atoms with Gasteiger partial charge in [-0.2, -0.15) is 0 Å². The molecule has 0 spiro atoms. The molecule has 0 radical (unpaired) electrons. The Kier molecular flexibility index (Phi) is 3.72. The van der Waals surface area contributed by atoms with Crippen LogP contribution in [-0.4, -0.2) is 29.5 Å². The van der Waals surface area contributed by atoms with Gasteiger partial charge in [-0.15, -0.1) is 0 Å². The van der Waals surface area contributed by atoms with Gasteiger partial charge in [0.1, 0.15) is 5.56 Å². The van der Waals surface area contributed by atoms with Gasteiger partial charge in [-0.3, -0.25) is 9.59 Å². The summed E-state index contributed by atoms with van der Waals surface area (Å²) in [5.74, 6) is -1.67. The van der Waals surface area contributed by atoms with Crippen LogP contribution in [0.4, 0.5) is 5.88 Å². The van der Waals surface area contributed by atoms with Crippen molar-refractivity contribution in [1.29, 1.82) is 0 Å². The number of hydrogen-bond acceptors (Lipinski definition) is 6. The lowest BCUT2D eigenvalue weighted by molar-refractivity contribution is -0.128. The third kappa shape index (κ3) is 2.63. The molecule has 0 aliphatic heterocycles. The fourth-order valence-corrected chi connectivity index (χ4v) is 2.28. The minimum absolute atomic E-state index is 0.0600. The van der Waals surface area contributed by atoms with E-state index in [0.717, 1.165) is 30.6 Å². The first-order valence-electron chi connectivity index (χ1n) is 7.55. The highest BCUT2D eigenvalue weighted by Gasteiger charge is 2.45. The van der Waals surface area contributed by atoms with Gasteiger partial charge < -0.3 is 9.26 Å². The molecule has 2 fully saturated rings. The van der Waals surface area contributed by atoms with Crippen molar-refractivity contribution in [2.45, 2.75) is 39.5 Å². The number of hydrogen-bond donors (Lipinski definition) is 0. The van der Waals surface area contributed by atoms with E-state index in [4.69, 9.17) is 9.26 Å². The molecular formula is C15H18N2O5. The van der Waals surface area contributed by atoms with E-state index in [0.29, 0.717) is 5.69 Å². The lowest BCUT2D eigenvalue weighted by Crippen LogP contribution is -2.39. The van der Waals surface area contributed by atoms with E-state index in [1.54, 1.807) is 13.8 Å².